The Kier molecular flexibility index (Phi) is 2.11. The Hall–Kier alpha value is -1.59. The third kappa shape index (κ3) is 1.68. The normalized spacial score (nSPS) is 15.5. The Morgan fingerprint density at radius 2 is 2.50 bits per heavy atom. The Morgan fingerprint density at radius 3 is 3.00 bits per heavy atom. The first-order valence-electron chi connectivity index (χ1n) is 4.69. The van der Waals surface area contributed by atoms with Gasteiger partial charge in [0.25, 0.3) is 0 Å². The van der Waals surface area contributed by atoms with Crippen molar-refractivity contribution in [3.05, 3.63) is 16.3 Å². The number of hydrogen-bond acceptors (Lipinski definition) is 4. The second-order valence-corrected chi connectivity index (χ2v) is 3.39. The van der Waals surface area contributed by atoms with Gasteiger partial charge in [-0.25, -0.2) is 0 Å². The number of anilines is 1. The lowest BCUT2D eigenvalue weighted by molar-refractivity contribution is -0.384. The Bertz CT molecular complexity index is 356. The molecular weight excluding hydrogens is 184 g/mol. The predicted molar refractivity (Wildman–Crippen MR) is 51.2 cm³/mol. The van der Waals surface area contributed by atoms with Gasteiger partial charge in [0.05, 0.1) is 4.92 Å². The van der Waals surface area contributed by atoms with E-state index in [0.717, 1.165) is 12.8 Å². The molecule has 1 aliphatic carbocycles. The third-order valence-electron chi connectivity index (χ3n) is 2.18. The molecule has 0 amide bonds. The highest BCUT2D eigenvalue weighted by molar-refractivity contribution is 5.55. The minimum Gasteiger partial charge on any atom is -0.360 e. The van der Waals surface area contributed by atoms with Crippen molar-refractivity contribution in [3.63, 3.8) is 0 Å². The summed E-state index contributed by atoms with van der Waals surface area (Å²) in [4.78, 5) is 10.3. The molecule has 0 aromatic carbocycles. The number of hydrogen-bond donors (Lipinski definition) is 1. The van der Waals surface area contributed by atoms with Crippen molar-refractivity contribution in [1.82, 2.24) is 9.78 Å². The topological polar surface area (TPSA) is 73.0 Å². The molecule has 0 saturated heterocycles. The van der Waals surface area contributed by atoms with Crippen LogP contribution in [0.2, 0.25) is 0 Å². The summed E-state index contributed by atoms with van der Waals surface area (Å²) >= 11 is 0. The smallest absolute Gasteiger partial charge is 0.330 e. The highest BCUT2D eigenvalue weighted by atomic mass is 16.6. The lowest BCUT2D eigenvalue weighted by atomic mass is 10.5. The van der Waals surface area contributed by atoms with Crippen LogP contribution in [0, 0.1) is 10.1 Å². The first-order chi connectivity index (χ1) is 6.70. The number of nitrogens with zero attached hydrogens (tertiary/aromatic N) is 3. The van der Waals surface area contributed by atoms with Crippen LogP contribution in [0.4, 0.5) is 11.5 Å². The van der Waals surface area contributed by atoms with E-state index < -0.39 is 4.92 Å². The minimum atomic E-state index is -0.399. The van der Waals surface area contributed by atoms with Crippen molar-refractivity contribution in [1.29, 1.82) is 0 Å². The van der Waals surface area contributed by atoms with E-state index in [0.29, 0.717) is 18.4 Å². The summed E-state index contributed by atoms with van der Waals surface area (Å²) in [7, 11) is 0. The maximum Gasteiger partial charge on any atom is 0.330 e. The van der Waals surface area contributed by atoms with Gasteiger partial charge in [-0.1, -0.05) is 0 Å². The van der Waals surface area contributed by atoms with Crippen LogP contribution in [0.25, 0.3) is 0 Å². The van der Waals surface area contributed by atoms with Crippen molar-refractivity contribution in [2.75, 3.05) is 5.32 Å². The molecule has 0 bridgehead atoms. The number of nitrogens with one attached hydrogen (secondary N) is 1. The van der Waals surface area contributed by atoms with Crippen molar-refractivity contribution < 1.29 is 4.92 Å². The molecule has 1 heterocycles. The fourth-order valence-electron chi connectivity index (χ4n) is 1.23. The zero-order valence-corrected chi connectivity index (χ0v) is 7.93. The van der Waals surface area contributed by atoms with Crippen LogP contribution in [-0.2, 0) is 6.54 Å². The first-order valence-corrected chi connectivity index (χ1v) is 4.69. The van der Waals surface area contributed by atoms with Crippen molar-refractivity contribution in [3.8, 4) is 0 Å². The molecule has 1 aromatic heterocycles. The van der Waals surface area contributed by atoms with Crippen LogP contribution in [0.5, 0.6) is 0 Å². The fraction of sp³-hybridized carbons (Fsp3) is 0.625. The molecular formula is C8H12N4O2. The summed E-state index contributed by atoms with van der Waals surface area (Å²) in [6, 6.07) is 0.383. The van der Waals surface area contributed by atoms with Crippen LogP contribution < -0.4 is 5.32 Å². The van der Waals surface area contributed by atoms with Crippen LogP contribution in [0.3, 0.4) is 0 Å². The molecule has 1 fully saturated rings. The average Bonchev–Trinajstić information content (AvgIpc) is 2.83. The molecule has 0 unspecified atom stereocenters. The molecule has 0 aliphatic heterocycles. The number of aromatic nitrogens is 2. The molecule has 1 aromatic rings. The second-order valence-electron chi connectivity index (χ2n) is 3.39. The SMILES string of the molecule is CCn1cc([N+](=O)[O-])c(NC2CC2)n1. The van der Waals surface area contributed by atoms with E-state index >= 15 is 0 Å². The Balaban J connectivity index is 2.24. The highest BCUT2D eigenvalue weighted by Crippen LogP contribution is 2.29. The maximum absolute atomic E-state index is 10.7. The molecule has 6 nitrogen and oxygen atoms in total. The molecule has 1 aliphatic rings. The van der Waals surface area contributed by atoms with E-state index in [1.165, 1.54) is 6.20 Å². The first kappa shape index (κ1) is 8.98. The van der Waals surface area contributed by atoms with Gasteiger partial charge in [0, 0.05) is 12.6 Å². The summed E-state index contributed by atoms with van der Waals surface area (Å²) in [6.45, 7) is 2.55. The molecule has 2 rings (SSSR count). The zero-order valence-electron chi connectivity index (χ0n) is 7.93. The maximum atomic E-state index is 10.7. The van der Waals surface area contributed by atoms with Gasteiger partial charge in [-0.3, -0.25) is 14.8 Å². The average molecular weight is 196 g/mol. The highest BCUT2D eigenvalue weighted by Gasteiger charge is 2.27. The zero-order chi connectivity index (χ0) is 10.1. The van der Waals surface area contributed by atoms with Crippen LogP contribution in [0.15, 0.2) is 6.20 Å². The van der Waals surface area contributed by atoms with Crippen molar-refractivity contribution in [2.24, 2.45) is 0 Å². The van der Waals surface area contributed by atoms with Gasteiger partial charge in [-0.15, -0.1) is 5.10 Å². The van der Waals surface area contributed by atoms with E-state index in [1.807, 2.05) is 6.92 Å². The number of nitro groups is 1. The quantitative estimate of drug-likeness (QED) is 0.583. The van der Waals surface area contributed by atoms with E-state index in [2.05, 4.69) is 10.4 Å². The van der Waals surface area contributed by atoms with E-state index in [4.69, 9.17) is 0 Å². The van der Waals surface area contributed by atoms with Gasteiger partial charge in [0.15, 0.2) is 0 Å². The molecule has 6 heteroatoms. The molecule has 0 spiro atoms. The van der Waals surface area contributed by atoms with Crippen molar-refractivity contribution in [2.45, 2.75) is 32.4 Å². The van der Waals surface area contributed by atoms with Gasteiger partial charge >= 0.3 is 5.69 Å². The van der Waals surface area contributed by atoms with Gasteiger partial charge < -0.3 is 5.32 Å². The summed E-state index contributed by atoms with van der Waals surface area (Å²) in [5.74, 6) is 0.402. The lowest BCUT2D eigenvalue weighted by Crippen LogP contribution is -2.04. The third-order valence-corrected chi connectivity index (χ3v) is 2.18. The summed E-state index contributed by atoms with van der Waals surface area (Å²) in [5, 5.41) is 17.8. The van der Waals surface area contributed by atoms with Crippen LogP contribution in [-0.4, -0.2) is 20.7 Å². The lowest BCUT2D eigenvalue weighted by Gasteiger charge is -1.97. The van der Waals surface area contributed by atoms with Gasteiger partial charge in [0.2, 0.25) is 5.82 Å². The Labute approximate surface area is 81.1 Å². The predicted octanol–water partition coefficient (Wildman–Crippen LogP) is 1.39. The van der Waals surface area contributed by atoms with E-state index in [9.17, 15) is 10.1 Å². The minimum absolute atomic E-state index is 0.0683. The standard InChI is InChI=1S/C8H12N4O2/c1-2-11-5-7(12(13)14)8(10-11)9-6-3-4-6/h5-6H,2-4H2,1H3,(H,9,10). The largest absolute Gasteiger partial charge is 0.360 e. The van der Waals surface area contributed by atoms with E-state index in [1.54, 1.807) is 4.68 Å². The molecule has 76 valence electrons. The van der Waals surface area contributed by atoms with Crippen molar-refractivity contribution >= 4 is 11.5 Å². The summed E-state index contributed by atoms with van der Waals surface area (Å²) < 4.78 is 1.57. The van der Waals surface area contributed by atoms with E-state index in [-0.39, 0.29) is 5.69 Å². The molecule has 1 N–H and O–H groups in total. The summed E-state index contributed by atoms with van der Waals surface area (Å²) in [6.07, 6.45) is 3.62. The fourth-order valence-corrected chi connectivity index (χ4v) is 1.23. The Morgan fingerprint density at radius 1 is 1.79 bits per heavy atom. The van der Waals surface area contributed by atoms with Crippen LogP contribution in [0.1, 0.15) is 19.8 Å². The molecule has 1 saturated carbocycles. The number of aryl methyl sites for hydroxylation is 1. The monoisotopic (exact) mass is 196 g/mol. The van der Waals surface area contributed by atoms with Gasteiger partial charge in [-0.05, 0) is 19.8 Å². The van der Waals surface area contributed by atoms with Crippen LogP contribution >= 0.6 is 0 Å². The van der Waals surface area contributed by atoms with Gasteiger partial charge in [0.1, 0.15) is 6.20 Å². The molecule has 0 atom stereocenters. The van der Waals surface area contributed by atoms with Gasteiger partial charge in [-0.2, -0.15) is 0 Å². The summed E-state index contributed by atoms with van der Waals surface area (Å²) in [5.41, 5.74) is 0.0683. The molecule has 0 radical (unpaired) electrons. The molecule has 14 heavy (non-hydrogen) atoms. The number of rotatable bonds is 4. The second kappa shape index (κ2) is 3.28.